The molecule has 1 atom stereocenters. The van der Waals surface area contributed by atoms with Crippen molar-refractivity contribution in [3.8, 4) is 11.5 Å². The molecular formula is C21H17F3N2O4S2. The van der Waals surface area contributed by atoms with Crippen molar-refractivity contribution >= 4 is 48.9 Å². The number of halogens is 3. The second kappa shape index (κ2) is 8.93. The third-order valence-electron chi connectivity index (χ3n) is 4.52. The van der Waals surface area contributed by atoms with E-state index in [-0.39, 0.29) is 13.2 Å². The van der Waals surface area contributed by atoms with E-state index in [2.05, 4.69) is 15.0 Å². The van der Waals surface area contributed by atoms with E-state index in [1.165, 1.54) is 12.1 Å². The van der Waals surface area contributed by atoms with E-state index < -0.39 is 24.1 Å². The van der Waals surface area contributed by atoms with Gasteiger partial charge in [0.1, 0.15) is 11.5 Å². The number of aliphatic hydroxyl groups is 1. The van der Waals surface area contributed by atoms with Crippen LogP contribution in [0.3, 0.4) is 0 Å². The van der Waals surface area contributed by atoms with Gasteiger partial charge in [-0.15, -0.1) is 35.8 Å². The van der Waals surface area contributed by atoms with E-state index >= 15 is 0 Å². The van der Waals surface area contributed by atoms with E-state index in [1.54, 1.807) is 22.7 Å². The highest BCUT2D eigenvalue weighted by Crippen LogP contribution is 2.38. The second-order valence-corrected chi connectivity index (χ2v) is 8.99. The van der Waals surface area contributed by atoms with Crippen molar-refractivity contribution in [2.75, 3.05) is 13.2 Å². The zero-order valence-corrected chi connectivity index (χ0v) is 18.2. The van der Waals surface area contributed by atoms with Crippen LogP contribution in [0.5, 0.6) is 11.5 Å². The second-order valence-electron chi connectivity index (χ2n) is 6.84. The number of alkyl halides is 3. The number of amides is 1. The standard InChI is InChI=1S/C21H17F3N2O4S2/c1-11-26-19-17(32-11)8-16(14-6-7-31-20(14)19)29-10-18(28)25-9-15(27)12-2-4-13(5-3-12)30-21(22,23)24/h2-8,15,27H,9-10H2,1H3,(H,25,28). The summed E-state index contributed by atoms with van der Waals surface area (Å²) in [6.07, 6.45) is -5.88. The van der Waals surface area contributed by atoms with Gasteiger partial charge in [0.2, 0.25) is 0 Å². The Bertz CT molecular complexity index is 1250. The number of carbonyl (C=O) groups excluding carboxylic acids is 1. The Kier molecular flexibility index (Phi) is 6.22. The molecule has 2 heterocycles. The van der Waals surface area contributed by atoms with Crippen LogP contribution in [0.2, 0.25) is 0 Å². The average Bonchev–Trinajstić information content (AvgIpc) is 3.35. The van der Waals surface area contributed by atoms with E-state index in [0.717, 1.165) is 37.4 Å². The summed E-state index contributed by atoms with van der Waals surface area (Å²) >= 11 is 3.10. The molecule has 168 valence electrons. The third kappa shape index (κ3) is 5.12. The van der Waals surface area contributed by atoms with Crippen LogP contribution < -0.4 is 14.8 Å². The molecule has 6 nitrogen and oxygen atoms in total. The minimum Gasteiger partial charge on any atom is -0.483 e. The van der Waals surface area contributed by atoms with Crippen LogP contribution in [0.4, 0.5) is 13.2 Å². The summed E-state index contributed by atoms with van der Waals surface area (Å²) in [6.45, 7) is 1.56. The molecule has 1 amide bonds. The maximum Gasteiger partial charge on any atom is 0.573 e. The predicted molar refractivity (Wildman–Crippen MR) is 116 cm³/mol. The summed E-state index contributed by atoms with van der Waals surface area (Å²) in [4.78, 5) is 16.8. The molecule has 0 fully saturated rings. The Morgan fingerprint density at radius 3 is 2.72 bits per heavy atom. The molecule has 0 bridgehead atoms. The number of ether oxygens (including phenoxy) is 2. The number of aromatic nitrogens is 1. The fraction of sp³-hybridized carbons (Fsp3) is 0.238. The van der Waals surface area contributed by atoms with Crippen molar-refractivity contribution in [1.82, 2.24) is 10.3 Å². The molecule has 0 radical (unpaired) electrons. The number of fused-ring (bicyclic) bond motifs is 3. The fourth-order valence-corrected chi connectivity index (χ4v) is 4.95. The minimum absolute atomic E-state index is 0.122. The molecule has 1 unspecified atom stereocenters. The van der Waals surface area contributed by atoms with Crippen LogP contribution in [-0.4, -0.2) is 35.5 Å². The van der Waals surface area contributed by atoms with Crippen molar-refractivity contribution in [3.63, 3.8) is 0 Å². The van der Waals surface area contributed by atoms with Gasteiger partial charge in [-0.1, -0.05) is 12.1 Å². The molecule has 0 aliphatic carbocycles. The lowest BCUT2D eigenvalue weighted by atomic mass is 10.1. The van der Waals surface area contributed by atoms with Gasteiger partial charge in [0.05, 0.1) is 26.0 Å². The largest absolute Gasteiger partial charge is 0.573 e. The first-order valence-corrected chi connectivity index (χ1v) is 11.1. The minimum atomic E-state index is -4.79. The first-order chi connectivity index (χ1) is 15.2. The normalized spacial score (nSPS) is 12.8. The van der Waals surface area contributed by atoms with Crippen LogP contribution in [-0.2, 0) is 4.79 Å². The molecule has 0 aliphatic heterocycles. The van der Waals surface area contributed by atoms with Gasteiger partial charge in [0, 0.05) is 18.0 Å². The Hall–Kier alpha value is -2.89. The monoisotopic (exact) mass is 482 g/mol. The maximum absolute atomic E-state index is 12.2. The highest BCUT2D eigenvalue weighted by Gasteiger charge is 2.31. The highest BCUT2D eigenvalue weighted by atomic mass is 32.1. The Morgan fingerprint density at radius 1 is 1.25 bits per heavy atom. The van der Waals surface area contributed by atoms with Gasteiger partial charge >= 0.3 is 6.36 Å². The molecule has 4 rings (SSSR count). The van der Waals surface area contributed by atoms with Gasteiger partial charge in [-0.25, -0.2) is 4.98 Å². The summed E-state index contributed by atoms with van der Waals surface area (Å²) < 4.78 is 48.1. The van der Waals surface area contributed by atoms with Crippen LogP contribution >= 0.6 is 22.7 Å². The van der Waals surface area contributed by atoms with Crippen LogP contribution in [0.1, 0.15) is 16.7 Å². The van der Waals surface area contributed by atoms with Gasteiger partial charge in [-0.3, -0.25) is 4.79 Å². The molecule has 2 aromatic heterocycles. The van der Waals surface area contributed by atoms with Gasteiger partial charge < -0.3 is 19.9 Å². The number of rotatable bonds is 7. The fourth-order valence-electron chi connectivity index (χ4n) is 3.12. The lowest BCUT2D eigenvalue weighted by molar-refractivity contribution is -0.274. The topological polar surface area (TPSA) is 80.7 Å². The number of nitrogens with zero attached hydrogens (tertiary/aromatic N) is 1. The van der Waals surface area contributed by atoms with E-state index in [4.69, 9.17) is 4.74 Å². The van der Waals surface area contributed by atoms with Gasteiger partial charge in [0.25, 0.3) is 5.91 Å². The van der Waals surface area contributed by atoms with Gasteiger partial charge in [0.15, 0.2) is 6.61 Å². The van der Waals surface area contributed by atoms with Crippen molar-refractivity contribution in [2.24, 2.45) is 0 Å². The number of hydrogen-bond donors (Lipinski definition) is 2. The summed E-state index contributed by atoms with van der Waals surface area (Å²) in [5.74, 6) is -0.253. The third-order valence-corrected chi connectivity index (χ3v) is 6.36. The lowest BCUT2D eigenvalue weighted by Gasteiger charge is -2.14. The molecule has 11 heteroatoms. The first kappa shape index (κ1) is 22.3. The molecule has 0 spiro atoms. The molecule has 32 heavy (non-hydrogen) atoms. The zero-order valence-electron chi connectivity index (χ0n) is 16.6. The molecule has 0 saturated carbocycles. The summed E-state index contributed by atoms with van der Waals surface area (Å²) in [6, 6.07) is 8.57. The lowest BCUT2D eigenvalue weighted by Crippen LogP contribution is -2.32. The number of thiophene rings is 1. The Morgan fingerprint density at radius 2 is 2.00 bits per heavy atom. The summed E-state index contributed by atoms with van der Waals surface area (Å²) in [5.41, 5.74) is 1.26. The molecule has 2 N–H and O–H groups in total. The number of aliphatic hydroxyl groups excluding tert-OH is 1. The number of hydrogen-bond acceptors (Lipinski definition) is 7. The smallest absolute Gasteiger partial charge is 0.483 e. The van der Waals surface area contributed by atoms with Crippen molar-refractivity contribution < 1.29 is 32.5 Å². The Labute approximate surface area is 188 Å². The Balaban J connectivity index is 1.34. The number of thiazole rings is 1. The number of aryl methyl sites for hydroxylation is 1. The molecule has 0 aliphatic rings. The average molecular weight is 483 g/mol. The first-order valence-electron chi connectivity index (χ1n) is 9.40. The number of carbonyl (C=O) groups is 1. The van der Waals surface area contributed by atoms with Crippen molar-refractivity contribution in [3.05, 3.63) is 52.3 Å². The van der Waals surface area contributed by atoms with Crippen molar-refractivity contribution in [2.45, 2.75) is 19.4 Å². The van der Waals surface area contributed by atoms with E-state index in [9.17, 15) is 23.1 Å². The molecule has 0 saturated heterocycles. The predicted octanol–water partition coefficient (Wildman–Crippen LogP) is 4.95. The van der Waals surface area contributed by atoms with E-state index in [1.807, 2.05) is 24.4 Å². The molecule has 4 aromatic rings. The van der Waals surface area contributed by atoms with Gasteiger partial charge in [-0.2, -0.15) is 0 Å². The highest BCUT2D eigenvalue weighted by molar-refractivity contribution is 7.21. The van der Waals surface area contributed by atoms with Crippen LogP contribution in [0.15, 0.2) is 41.8 Å². The van der Waals surface area contributed by atoms with Crippen LogP contribution in [0, 0.1) is 6.92 Å². The summed E-state index contributed by atoms with van der Waals surface area (Å²) in [5, 5.41) is 16.5. The molecule has 2 aromatic carbocycles. The number of benzene rings is 2. The van der Waals surface area contributed by atoms with Crippen LogP contribution in [0.25, 0.3) is 20.3 Å². The maximum atomic E-state index is 12.2. The summed E-state index contributed by atoms with van der Waals surface area (Å²) in [7, 11) is 0. The van der Waals surface area contributed by atoms with Crippen molar-refractivity contribution in [1.29, 1.82) is 0 Å². The number of nitrogens with one attached hydrogen (secondary N) is 1. The molecular weight excluding hydrogens is 465 g/mol. The zero-order chi connectivity index (χ0) is 22.9. The SMILES string of the molecule is Cc1nc2c(cc(OCC(=O)NCC(O)c3ccc(OC(F)(F)F)cc3)c3ccsc32)s1. The van der Waals surface area contributed by atoms with E-state index in [0.29, 0.717) is 11.3 Å². The van der Waals surface area contributed by atoms with Gasteiger partial charge in [-0.05, 0) is 36.1 Å². The quantitative estimate of drug-likeness (QED) is 0.390.